The molecule has 4 aromatic carbocycles. The number of benzene rings is 4. The summed E-state index contributed by atoms with van der Waals surface area (Å²) in [5, 5.41) is 1.89. The predicted molar refractivity (Wildman–Crippen MR) is 235 cm³/mol. The second-order valence-electron chi connectivity index (χ2n) is 16.3. The van der Waals surface area contributed by atoms with Crippen LogP contribution >= 0.6 is 11.8 Å². The first-order valence-corrected chi connectivity index (χ1v) is 21.2. The first-order chi connectivity index (χ1) is 27.7. The second kappa shape index (κ2) is 12.7. The van der Waals surface area contributed by atoms with Gasteiger partial charge in [-0.05, 0) is 71.7 Å². The van der Waals surface area contributed by atoms with Crippen molar-refractivity contribution in [3.8, 4) is 16.8 Å². The summed E-state index contributed by atoms with van der Waals surface area (Å²) in [6, 6.07) is 36.0. The van der Waals surface area contributed by atoms with Crippen LogP contribution in [-0.4, -0.2) is 38.8 Å². The largest absolute Gasteiger partial charge is 0.307 e. The highest BCUT2D eigenvalue weighted by Crippen LogP contribution is 2.55. The molecule has 7 aliphatic rings. The number of aromatic nitrogens is 1. The molecule has 0 saturated carbocycles. The Morgan fingerprint density at radius 2 is 1.55 bits per heavy atom. The molecule has 0 amide bonds. The lowest BCUT2D eigenvalue weighted by molar-refractivity contribution is 0.408. The molecule has 8 atom stereocenters. The fraction of sp³-hybridized carbons (Fsp3) is 0.216. The summed E-state index contributed by atoms with van der Waals surface area (Å²) >= 11 is 2.05. The lowest BCUT2D eigenvalue weighted by atomic mass is 9.70. The molecule has 0 bridgehead atoms. The summed E-state index contributed by atoms with van der Waals surface area (Å²) in [6.07, 6.45) is 28.2. The Bertz CT molecular complexity index is 2680. The minimum absolute atomic E-state index is 0.0810. The minimum atomic E-state index is 0.0810. The van der Waals surface area contributed by atoms with E-state index in [1.54, 1.807) is 0 Å². The number of guanidine groups is 1. The number of hydrogen-bond donors (Lipinski definition) is 0. The molecule has 1 fully saturated rings. The maximum atomic E-state index is 5.81. The maximum Gasteiger partial charge on any atom is 0.226 e. The number of anilines is 1. The lowest BCUT2D eigenvalue weighted by Crippen LogP contribution is -2.46. The third-order valence-corrected chi connectivity index (χ3v) is 14.8. The van der Waals surface area contributed by atoms with E-state index < -0.39 is 0 Å². The van der Waals surface area contributed by atoms with Crippen LogP contribution in [0, 0.1) is 17.8 Å². The predicted octanol–water partition coefficient (Wildman–Crippen LogP) is 11.3. The molecule has 0 spiro atoms. The first-order valence-electron chi connectivity index (χ1n) is 20.3. The monoisotopic (exact) mass is 742 g/mol. The molecule has 1 aromatic heterocycles. The van der Waals surface area contributed by atoms with Gasteiger partial charge in [0, 0.05) is 34.1 Å². The molecule has 8 unspecified atom stereocenters. The van der Waals surface area contributed by atoms with Crippen LogP contribution in [0.1, 0.15) is 41.6 Å². The van der Waals surface area contributed by atoms with E-state index in [9.17, 15) is 0 Å². The summed E-state index contributed by atoms with van der Waals surface area (Å²) in [6.45, 7) is 2.22. The van der Waals surface area contributed by atoms with E-state index in [1.165, 1.54) is 61.4 Å². The summed E-state index contributed by atoms with van der Waals surface area (Å²) in [7, 11) is 0. The van der Waals surface area contributed by atoms with Gasteiger partial charge < -0.3 is 9.47 Å². The number of nitrogens with zero attached hydrogens (tertiary/aromatic N) is 4. The zero-order chi connectivity index (χ0) is 36.9. The third kappa shape index (κ3) is 4.86. The summed E-state index contributed by atoms with van der Waals surface area (Å²) in [5.74, 6) is 2.15. The molecule has 5 heteroatoms. The minimum Gasteiger partial charge on any atom is -0.307 e. The normalized spacial score (nSPS) is 28.9. The van der Waals surface area contributed by atoms with Gasteiger partial charge in [0.1, 0.15) is 0 Å². The van der Waals surface area contributed by atoms with Crippen molar-refractivity contribution in [1.82, 2.24) is 4.57 Å². The number of fused-ring (bicyclic) bond motifs is 11. The van der Waals surface area contributed by atoms with Crippen LogP contribution < -0.4 is 4.90 Å². The van der Waals surface area contributed by atoms with E-state index in [1.807, 2.05) is 11.8 Å². The van der Waals surface area contributed by atoms with Crippen molar-refractivity contribution in [2.75, 3.05) is 4.90 Å². The Hall–Kier alpha value is -5.65. The number of aryl methyl sites for hydroxylation is 1. The fourth-order valence-corrected chi connectivity index (χ4v) is 12.5. The highest BCUT2D eigenvalue weighted by Gasteiger charge is 2.52. The highest BCUT2D eigenvalue weighted by molar-refractivity contribution is 8.01. The maximum absolute atomic E-state index is 5.81. The molecule has 5 aromatic rings. The molecular weight excluding hydrogens is 701 g/mol. The quantitative estimate of drug-likeness (QED) is 0.172. The van der Waals surface area contributed by atoms with Crippen molar-refractivity contribution in [2.45, 2.75) is 48.3 Å². The van der Waals surface area contributed by atoms with Gasteiger partial charge in [-0.1, -0.05) is 151 Å². The van der Waals surface area contributed by atoms with E-state index in [0.717, 1.165) is 24.5 Å². The van der Waals surface area contributed by atoms with Crippen molar-refractivity contribution in [3.63, 3.8) is 0 Å². The SMILES string of the molecule is CC1=CC2SC3C(c4ccc(-c5ccccc5)cc4)=NC(N4c5c(cccc5-n5c6c(c7ccccc75)CCC=C6)C5C6C=CC=CC6C=CC54)=NC3C2C=C1. The van der Waals surface area contributed by atoms with E-state index in [0.29, 0.717) is 23.0 Å². The highest BCUT2D eigenvalue weighted by atomic mass is 32.2. The van der Waals surface area contributed by atoms with Crippen LogP contribution in [0.5, 0.6) is 0 Å². The Morgan fingerprint density at radius 1 is 0.732 bits per heavy atom. The fourth-order valence-electron chi connectivity index (χ4n) is 10.7. The zero-order valence-corrected chi connectivity index (χ0v) is 32.1. The van der Waals surface area contributed by atoms with Gasteiger partial charge in [-0.2, -0.15) is 0 Å². The number of thioether (sulfide) groups is 1. The second-order valence-corrected chi connectivity index (χ2v) is 17.6. The van der Waals surface area contributed by atoms with E-state index in [4.69, 9.17) is 9.98 Å². The smallest absolute Gasteiger partial charge is 0.226 e. The van der Waals surface area contributed by atoms with Gasteiger partial charge in [0.05, 0.1) is 39.9 Å². The van der Waals surface area contributed by atoms with Crippen molar-refractivity contribution in [1.29, 1.82) is 0 Å². The van der Waals surface area contributed by atoms with E-state index >= 15 is 0 Å². The van der Waals surface area contributed by atoms with E-state index in [-0.39, 0.29) is 23.3 Å². The first kappa shape index (κ1) is 32.6. The molecule has 12 rings (SSSR count). The average molecular weight is 743 g/mol. The van der Waals surface area contributed by atoms with Gasteiger partial charge in [-0.25, -0.2) is 9.98 Å². The van der Waals surface area contributed by atoms with Crippen molar-refractivity contribution in [2.24, 2.45) is 27.7 Å². The number of rotatable bonds is 3. The van der Waals surface area contributed by atoms with E-state index in [2.05, 4.69) is 180 Å². The van der Waals surface area contributed by atoms with Gasteiger partial charge in [0.15, 0.2) is 0 Å². The van der Waals surface area contributed by atoms with Crippen LogP contribution in [0.25, 0.3) is 33.8 Å². The molecule has 4 nitrogen and oxygen atoms in total. The number of allylic oxidation sites excluding steroid dienone is 8. The molecule has 4 heterocycles. The average Bonchev–Trinajstić information content (AvgIpc) is 3.91. The van der Waals surface area contributed by atoms with Crippen LogP contribution in [0.3, 0.4) is 0 Å². The van der Waals surface area contributed by atoms with Crippen molar-refractivity contribution in [3.05, 3.63) is 186 Å². The summed E-state index contributed by atoms with van der Waals surface area (Å²) in [4.78, 5) is 14.1. The molecule has 56 heavy (non-hydrogen) atoms. The molecule has 272 valence electrons. The Balaban J connectivity index is 1.08. The van der Waals surface area contributed by atoms with Crippen LogP contribution in [0.15, 0.2) is 173 Å². The van der Waals surface area contributed by atoms with Gasteiger partial charge in [0.25, 0.3) is 0 Å². The van der Waals surface area contributed by atoms with Crippen molar-refractivity contribution < 1.29 is 0 Å². The number of hydrogen-bond acceptors (Lipinski definition) is 4. The molecule has 3 aliphatic heterocycles. The molecule has 0 radical (unpaired) electrons. The van der Waals surface area contributed by atoms with Gasteiger partial charge in [-0.15, -0.1) is 11.8 Å². The number of para-hydroxylation sites is 2. The standard InChI is InChI=1S/C51H42N4S/c1-31-22-28-39-45(30-31)56-50-47(35-25-23-33(24-26-35)32-12-3-2-4-13-32)52-51(53-48(39)50)55-43-29-27-34-14-5-6-15-36(34)46(43)40-18-11-21-44(49(40)55)54-41-19-9-7-16-37(41)38-17-8-10-20-42(38)54/h2-7,9-16,18-30,34,36,39,43,45-46,48,50H,8,17H2,1H3. The van der Waals surface area contributed by atoms with Crippen molar-refractivity contribution >= 4 is 46.1 Å². The Labute approximate surface area is 332 Å². The Morgan fingerprint density at radius 3 is 2.46 bits per heavy atom. The van der Waals surface area contributed by atoms with Crippen LogP contribution in [0.2, 0.25) is 0 Å². The van der Waals surface area contributed by atoms with Gasteiger partial charge in [0.2, 0.25) is 5.96 Å². The van der Waals surface area contributed by atoms with Gasteiger partial charge >= 0.3 is 0 Å². The molecule has 1 saturated heterocycles. The zero-order valence-electron chi connectivity index (χ0n) is 31.3. The van der Waals surface area contributed by atoms with Gasteiger partial charge in [-0.3, -0.25) is 0 Å². The van der Waals surface area contributed by atoms with Crippen LogP contribution in [-0.2, 0) is 6.42 Å². The topological polar surface area (TPSA) is 32.9 Å². The Kier molecular flexibility index (Phi) is 7.38. The lowest BCUT2D eigenvalue weighted by Gasteiger charge is -2.38. The summed E-state index contributed by atoms with van der Waals surface area (Å²) in [5.41, 5.74) is 14.0. The van der Waals surface area contributed by atoms with Crippen LogP contribution in [0.4, 0.5) is 5.69 Å². The third-order valence-electron chi connectivity index (χ3n) is 13.2. The summed E-state index contributed by atoms with van der Waals surface area (Å²) < 4.78 is 2.54. The number of aliphatic imine (C=N–C) groups is 2. The molecule has 0 N–H and O–H groups in total. The molecule has 4 aliphatic carbocycles. The molecular formula is C51H42N4S.